The molecule has 4 nitrogen and oxygen atoms in total. The first-order valence-corrected chi connectivity index (χ1v) is 12.0. The summed E-state index contributed by atoms with van der Waals surface area (Å²) in [6.45, 7) is 6.56. The van der Waals surface area contributed by atoms with Crippen LogP contribution in [0.15, 0.2) is 97.2 Å². The van der Waals surface area contributed by atoms with Crippen molar-refractivity contribution in [2.75, 3.05) is 0 Å². The predicted octanol–water partition coefficient (Wildman–Crippen LogP) is 7.93. The molecule has 37 heavy (non-hydrogen) atoms. The first-order chi connectivity index (χ1) is 17.5. The van der Waals surface area contributed by atoms with Crippen molar-refractivity contribution in [1.82, 2.24) is 14.5 Å². The zero-order valence-corrected chi connectivity index (χ0v) is 23.1. The minimum Gasteiger partial charge on any atom is -0.460 e. The van der Waals surface area contributed by atoms with Crippen LogP contribution in [0, 0.1) is 12.1 Å². The first-order valence-electron chi connectivity index (χ1n) is 12.0. The topological polar surface area (TPSA) is 39.9 Å². The van der Waals surface area contributed by atoms with Crippen molar-refractivity contribution in [3.63, 3.8) is 0 Å². The second-order valence-corrected chi connectivity index (χ2v) is 9.82. The molecule has 3 heterocycles. The maximum atomic E-state index is 5.92. The van der Waals surface area contributed by atoms with Gasteiger partial charge in [-0.15, -0.1) is 18.2 Å². The van der Waals surface area contributed by atoms with E-state index in [0.717, 1.165) is 39.1 Å². The summed E-state index contributed by atoms with van der Waals surface area (Å²) in [5.41, 5.74) is 4.93. The molecule has 0 aliphatic carbocycles. The molecule has 184 valence electrons. The first kappa shape index (κ1) is 24.9. The van der Waals surface area contributed by atoms with E-state index in [-0.39, 0.29) is 26.5 Å². The van der Waals surface area contributed by atoms with Crippen molar-refractivity contribution < 1.29 is 25.8 Å². The minimum atomic E-state index is -0.0490. The van der Waals surface area contributed by atoms with Gasteiger partial charge in [0.15, 0.2) is 0 Å². The van der Waals surface area contributed by atoms with Gasteiger partial charge in [-0.25, -0.2) is 21.1 Å². The molecular weight excluding hydrogens is 637 g/mol. The van der Waals surface area contributed by atoms with E-state index in [4.69, 9.17) is 9.72 Å². The molecule has 5 heteroatoms. The molecule has 0 saturated heterocycles. The van der Waals surface area contributed by atoms with Gasteiger partial charge in [-0.2, -0.15) is 24.3 Å². The summed E-state index contributed by atoms with van der Waals surface area (Å²) in [7, 11) is 0. The zero-order chi connectivity index (χ0) is 24.7. The number of aromatic nitrogens is 3. The number of rotatable bonds is 4. The summed E-state index contributed by atoms with van der Waals surface area (Å²) in [4.78, 5) is 9.31. The van der Waals surface area contributed by atoms with Crippen molar-refractivity contribution in [3.05, 3.63) is 115 Å². The van der Waals surface area contributed by atoms with Crippen molar-refractivity contribution in [2.45, 2.75) is 26.2 Å². The van der Waals surface area contributed by atoms with Crippen molar-refractivity contribution in [2.24, 2.45) is 0 Å². The van der Waals surface area contributed by atoms with Crippen molar-refractivity contribution in [1.29, 1.82) is 0 Å². The van der Waals surface area contributed by atoms with Crippen LogP contribution in [-0.4, -0.2) is 14.5 Å². The van der Waals surface area contributed by atoms with Crippen LogP contribution in [0.5, 0.6) is 11.6 Å². The molecule has 0 spiro atoms. The molecule has 0 aliphatic rings. The number of hydrogen-bond donors (Lipinski definition) is 0. The number of para-hydroxylation sites is 1. The minimum absolute atomic E-state index is 0. The van der Waals surface area contributed by atoms with Crippen LogP contribution in [0.1, 0.15) is 26.5 Å². The molecule has 3 aromatic heterocycles. The van der Waals surface area contributed by atoms with E-state index in [1.54, 1.807) is 6.20 Å². The largest absolute Gasteiger partial charge is 2.00 e. The third-order valence-corrected chi connectivity index (χ3v) is 6.23. The number of ether oxygens (including phenoxy) is 1. The molecule has 0 N–H and O–H groups in total. The zero-order valence-electron chi connectivity index (χ0n) is 20.8. The van der Waals surface area contributed by atoms with E-state index in [1.165, 1.54) is 5.39 Å². The average Bonchev–Trinajstić information content (AvgIpc) is 3.23. The summed E-state index contributed by atoms with van der Waals surface area (Å²) >= 11 is 0. The van der Waals surface area contributed by atoms with Gasteiger partial charge in [0.25, 0.3) is 0 Å². The molecular formula is C32H25N3OPt. The van der Waals surface area contributed by atoms with Gasteiger partial charge in [0.1, 0.15) is 5.82 Å². The molecule has 0 fully saturated rings. The van der Waals surface area contributed by atoms with Gasteiger partial charge in [-0.1, -0.05) is 56.5 Å². The third kappa shape index (κ3) is 4.82. The molecule has 0 atom stereocenters. The van der Waals surface area contributed by atoms with Gasteiger partial charge in [0.2, 0.25) is 5.88 Å². The second kappa shape index (κ2) is 9.95. The van der Waals surface area contributed by atoms with E-state index in [2.05, 4.69) is 97.1 Å². The summed E-state index contributed by atoms with van der Waals surface area (Å²) in [6, 6.07) is 37.4. The SMILES string of the molecule is CC(C)(C)c1cccc(-n2c3[c-]c(-c4[c-]c(Oc5ccccn5)ccc4)ccc3c3ccccc32)n1.[Pt+2]. The van der Waals surface area contributed by atoms with Gasteiger partial charge >= 0.3 is 21.1 Å². The Balaban J connectivity index is 0.00000280. The van der Waals surface area contributed by atoms with Crippen molar-refractivity contribution >= 4 is 21.8 Å². The number of hydrogen-bond acceptors (Lipinski definition) is 3. The normalized spacial score (nSPS) is 11.4. The Morgan fingerprint density at radius 2 is 1.51 bits per heavy atom. The predicted molar refractivity (Wildman–Crippen MR) is 145 cm³/mol. The number of nitrogens with zero attached hydrogens (tertiary/aromatic N) is 3. The van der Waals surface area contributed by atoms with E-state index < -0.39 is 0 Å². The van der Waals surface area contributed by atoms with Crippen LogP contribution in [-0.2, 0) is 26.5 Å². The van der Waals surface area contributed by atoms with E-state index in [9.17, 15) is 0 Å². The van der Waals surface area contributed by atoms with Gasteiger partial charge in [0, 0.05) is 34.6 Å². The van der Waals surface area contributed by atoms with Gasteiger partial charge in [-0.05, 0) is 35.2 Å². The standard InChI is InChI=1S/C32H25N3O.Pt/c1-32(2,3)29-14-9-15-30(34-29)35-27-13-5-4-12-25(27)26-18-17-23(21-28(26)35)22-10-8-11-24(20-22)36-31-16-6-7-19-33-31;/h4-19H,1-3H3;/q-2;+2. The Bertz CT molecular complexity index is 1700. The number of fused-ring (bicyclic) bond motifs is 3. The Labute approximate surface area is 231 Å². The van der Waals surface area contributed by atoms with E-state index in [0.29, 0.717) is 11.6 Å². The Kier molecular flexibility index (Phi) is 6.70. The molecule has 3 aromatic carbocycles. The molecule has 0 unspecified atom stereocenters. The molecule has 0 aliphatic heterocycles. The average molecular weight is 663 g/mol. The maximum absolute atomic E-state index is 5.92. The fourth-order valence-corrected chi connectivity index (χ4v) is 4.44. The van der Waals surface area contributed by atoms with E-state index >= 15 is 0 Å². The van der Waals surface area contributed by atoms with Crippen molar-refractivity contribution in [3.8, 4) is 28.6 Å². The summed E-state index contributed by atoms with van der Waals surface area (Å²) < 4.78 is 8.12. The van der Waals surface area contributed by atoms with Crippen LogP contribution < -0.4 is 4.74 Å². The maximum Gasteiger partial charge on any atom is 2.00 e. The Hall–Kier alpha value is -3.75. The third-order valence-electron chi connectivity index (χ3n) is 6.23. The molecule has 0 bridgehead atoms. The quantitative estimate of drug-likeness (QED) is 0.180. The molecule has 0 saturated carbocycles. The molecule has 0 amide bonds. The summed E-state index contributed by atoms with van der Waals surface area (Å²) in [5.74, 6) is 2.04. The fourth-order valence-electron chi connectivity index (χ4n) is 4.44. The second-order valence-electron chi connectivity index (χ2n) is 9.82. The van der Waals surface area contributed by atoms with Gasteiger partial charge in [0.05, 0.1) is 0 Å². The molecule has 0 radical (unpaired) electrons. The number of pyridine rings is 2. The number of benzene rings is 3. The van der Waals surface area contributed by atoms with Crippen LogP contribution in [0.2, 0.25) is 0 Å². The Morgan fingerprint density at radius 1 is 0.730 bits per heavy atom. The Morgan fingerprint density at radius 3 is 2.32 bits per heavy atom. The van der Waals surface area contributed by atoms with Crippen LogP contribution in [0.4, 0.5) is 0 Å². The summed E-state index contributed by atoms with van der Waals surface area (Å²) in [6.07, 6.45) is 1.71. The molecule has 6 rings (SSSR count). The summed E-state index contributed by atoms with van der Waals surface area (Å²) in [5, 5.41) is 2.31. The molecule has 6 aromatic rings. The van der Waals surface area contributed by atoms with Crippen LogP contribution in [0.3, 0.4) is 0 Å². The van der Waals surface area contributed by atoms with E-state index in [1.807, 2.05) is 36.4 Å². The van der Waals surface area contributed by atoms with Crippen LogP contribution in [0.25, 0.3) is 38.8 Å². The smallest absolute Gasteiger partial charge is 0.460 e. The van der Waals surface area contributed by atoms with Gasteiger partial charge < -0.3 is 9.30 Å². The monoisotopic (exact) mass is 662 g/mol. The van der Waals surface area contributed by atoms with Gasteiger partial charge in [-0.3, -0.25) is 0 Å². The fraction of sp³-hybridized carbons (Fsp3) is 0.125. The van der Waals surface area contributed by atoms with Crippen LogP contribution >= 0.6 is 0 Å².